The number of aryl methyl sites for hydroxylation is 2. The molecule has 0 saturated carbocycles. The lowest BCUT2D eigenvalue weighted by Gasteiger charge is -2.40. The van der Waals surface area contributed by atoms with Gasteiger partial charge in [0, 0.05) is 31.1 Å². The van der Waals surface area contributed by atoms with Gasteiger partial charge in [0.05, 0.1) is 24.2 Å². The Morgan fingerprint density at radius 2 is 1.24 bits per heavy atom. The van der Waals surface area contributed by atoms with E-state index in [0.29, 0.717) is 30.4 Å². The molecule has 400 valence electrons. The number of carbonyl (C=O) groups is 7. The van der Waals surface area contributed by atoms with Crippen molar-refractivity contribution in [2.45, 2.75) is 180 Å². The first kappa shape index (κ1) is 55.6. The lowest BCUT2D eigenvalue weighted by Crippen LogP contribution is -2.60. The van der Waals surface area contributed by atoms with Crippen LogP contribution >= 0.6 is 0 Å². The molecule has 16 nitrogen and oxygen atoms in total. The van der Waals surface area contributed by atoms with Gasteiger partial charge in [-0.15, -0.1) is 0 Å². The van der Waals surface area contributed by atoms with E-state index in [9.17, 15) is 28.8 Å². The Morgan fingerprint density at radius 1 is 0.649 bits per heavy atom. The second-order valence-corrected chi connectivity index (χ2v) is 22.0. The third-order valence-corrected chi connectivity index (χ3v) is 16.2. The Morgan fingerprint density at radius 3 is 1.80 bits per heavy atom. The second-order valence-electron chi connectivity index (χ2n) is 22.0. The molecular weight excluding hydrogens is 935 g/mol. The highest BCUT2D eigenvalue weighted by molar-refractivity contribution is 5.97. The fourth-order valence-electron chi connectivity index (χ4n) is 11.5. The van der Waals surface area contributed by atoms with Gasteiger partial charge in [0.1, 0.15) is 24.2 Å². The van der Waals surface area contributed by atoms with Crippen LogP contribution in [0, 0.1) is 11.3 Å². The van der Waals surface area contributed by atoms with Crippen LogP contribution in [-0.2, 0) is 54.6 Å². The first-order chi connectivity index (χ1) is 35.4. The van der Waals surface area contributed by atoms with Crippen molar-refractivity contribution in [3.8, 4) is 0 Å². The zero-order valence-electron chi connectivity index (χ0n) is 45.1. The molecule has 74 heavy (non-hydrogen) atoms. The highest BCUT2D eigenvalue weighted by Gasteiger charge is 2.47. The van der Waals surface area contributed by atoms with Gasteiger partial charge in [0.25, 0.3) is 5.91 Å². The second kappa shape index (κ2) is 24.5. The van der Waals surface area contributed by atoms with Crippen LogP contribution in [0.25, 0.3) is 0 Å². The Balaban J connectivity index is 1.17. The Labute approximate surface area is 438 Å². The normalized spacial score (nSPS) is 21.9. The lowest BCUT2D eigenvalue weighted by atomic mass is 9.85. The summed E-state index contributed by atoms with van der Waals surface area (Å²) in [5.41, 5.74) is 5.61. The van der Waals surface area contributed by atoms with Crippen LogP contribution < -0.4 is 37.2 Å². The van der Waals surface area contributed by atoms with Gasteiger partial charge in [0.15, 0.2) is 0 Å². The van der Waals surface area contributed by atoms with Crippen LogP contribution in [-0.4, -0.2) is 114 Å². The van der Waals surface area contributed by atoms with E-state index in [2.05, 4.69) is 55.4 Å². The number of likely N-dealkylation sites (N-methyl/N-ethyl adjacent to an activating group) is 2. The molecule has 0 unspecified atom stereocenters. The number of rotatable bonds is 18. The Hall–Kier alpha value is -6.13. The lowest BCUT2D eigenvalue weighted by molar-refractivity contribution is -0.146. The maximum absolute atomic E-state index is 15.2. The van der Waals surface area contributed by atoms with Crippen LogP contribution in [0.4, 0.5) is 0 Å². The highest BCUT2D eigenvalue weighted by Crippen LogP contribution is 2.34. The van der Waals surface area contributed by atoms with Crippen LogP contribution in [0.2, 0.25) is 0 Å². The number of amides is 7. The van der Waals surface area contributed by atoms with Gasteiger partial charge in [-0.3, -0.25) is 33.6 Å². The average molecular weight is 1020 g/mol. The minimum atomic E-state index is -0.976. The highest BCUT2D eigenvalue weighted by atomic mass is 16.2. The third kappa shape index (κ3) is 12.5. The Bertz CT molecular complexity index is 2540. The molecule has 2 aliphatic carbocycles. The van der Waals surface area contributed by atoms with Crippen LogP contribution in [0.1, 0.15) is 156 Å². The van der Waals surface area contributed by atoms with Gasteiger partial charge in [-0.25, -0.2) is 0 Å². The zero-order chi connectivity index (χ0) is 53.4. The third-order valence-electron chi connectivity index (χ3n) is 16.2. The minimum absolute atomic E-state index is 0.0225. The molecule has 0 radical (unpaired) electrons. The predicted octanol–water partition coefficient (Wildman–Crippen LogP) is 5.08. The van der Waals surface area contributed by atoms with Gasteiger partial charge in [-0.05, 0) is 129 Å². The standard InChI is InChI=1S/C58H81N9O7/c1-10-35(11-2)49(64-53(70)44(12-3)60-9)56(73)66-32-40-29-39(28-27-38(40)30-47(66)54(71)62-45-25-17-21-36-19-13-15-23-42(36)45)52(69)61-41-31-48(55(72)63-46-26-18-22-37-20-14-16-24-43(37)46)67(33-41)57(74)50(58(5,6)7)65-51(68)34(4)59-8/h13-16,19-20,23-24,27-29,34-35,41,44-50,59-60H,10-12,17-18,21-22,25-26,30-33H2,1-9H3,(H,61,69)(H,62,71)(H,63,72)(H,64,70)(H,65,68)/t34-,41-,44-,45+,46+,47-,48-,49-,50+/m0/s1. The zero-order valence-corrected chi connectivity index (χ0v) is 45.1. The molecule has 7 N–H and O–H groups in total. The average Bonchev–Trinajstić information content (AvgIpc) is 3.83. The fourth-order valence-corrected chi connectivity index (χ4v) is 11.5. The maximum Gasteiger partial charge on any atom is 0.251 e. The topological polar surface area (TPSA) is 210 Å². The van der Waals surface area contributed by atoms with Crippen molar-refractivity contribution in [2.24, 2.45) is 11.3 Å². The molecule has 0 bridgehead atoms. The van der Waals surface area contributed by atoms with Gasteiger partial charge < -0.3 is 47.0 Å². The predicted molar refractivity (Wildman–Crippen MR) is 285 cm³/mol. The summed E-state index contributed by atoms with van der Waals surface area (Å²) in [5.74, 6) is -2.65. The van der Waals surface area contributed by atoms with E-state index in [4.69, 9.17) is 0 Å². The van der Waals surface area contributed by atoms with Gasteiger partial charge in [0.2, 0.25) is 35.4 Å². The van der Waals surface area contributed by atoms with Crippen molar-refractivity contribution in [3.05, 3.63) is 106 Å². The molecule has 0 aromatic heterocycles. The molecule has 16 heteroatoms. The summed E-state index contributed by atoms with van der Waals surface area (Å²) in [6, 6.07) is 15.6. The summed E-state index contributed by atoms with van der Waals surface area (Å²) >= 11 is 0. The summed E-state index contributed by atoms with van der Waals surface area (Å²) < 4.78 is 0. The number of hydrogen-bond donors (Lipinski definition) is 7. The number of carbonyl (C=O) groups excluding carboxylic acids is 7. The summed E-state index contributed by atoms with van der Waals surface area (Å²) in [6.45, 7) is 13.2. The van der Waals surface area contributed by atoms with Crippen LogP contribution in [0.15, 0.2) is 66.7 Å². The SMILES string of the molecule is CCC(CC)[C@H](NC(=O)[C@H](CC)NC)C(=O)N1Cc2cc(C(=O)N[C@H]3C[C@@H](C(=O)N[C@@H]4CCCc5ccccc54)N(C(=O)[C@@H](NC(=O)[C@H](C)NC)C(C)(C)C)C3)ccc2C[C@H]1C(=O)N[C@@H]1CCCc2ccccc21. The summed E-state index contributed by atoms with van der Waals surface area (Å²) in [7, 11) is 3.38. The number of hydrogen-bond acceptors (Lipinski definition) is 9. The van der Waals surface area contributed by atoms with Gasteiger partial charge in [-0.1, -0.05) is 109 Å². The molecule has 2 heterocycles. The first-order valence-electron chi connectivity index (χ1n) is 27.2. The molecule has 7 rings (SSSR count). The smallest absolute Gasteiger partial charge is 0.251 e. The van der Waals surface area contributed by atoms with Crippen LogP contribution in [0.5, 0.6) is 0 Å². The van der Waals surface area contributed by atoms with Crippen molar-refractivity contribution in [3.63, 3.8) is 0 Å². The summed E-state index contributed by atoms with van der Waals surface area (Å²) in [5, 5.41) is 21.7. The number of nitrogens with zero attached hydrogens (tertiary/aromatic N) is 2. The molecule has 7 amide bonds. The largest absolute Gasteiger partial charge is 0.347 e. The first-order valence-corrected chi connectivity index (χ1v) is 27.2. The quantitative estimate of drug-likeness (QED) is 0.0905. The van der Waals surface area contributed by atoms with E-state index >= 15 is 4.79 Å². The number of fused-ring (bicyclic) bond motifs is 3. The van der Waals surface area contributed by atoms with Crippen molar-refractivity contribution < 1.29 is 33.6 Å². The van der Waals surface area contributed by atoms with Crippen LogP contribution in [0.3, 0.4) is 0 Å². The van der Waals surface area contributed by atoms with Gasteiger partial charge >= 0.3 is 0 Å². The molecule has 1 saturated heterocycles. The molecule has 4 aliphatic rings. The molecule has 9 atom stereocenters. The molecule has 3 aromatic carbocycles. The van der Waals surface area contributed by atoms with Crippen molar-refractivity contribution in [2.75, 3.05) is 20.6 Å². The minimum Gasteiger partial charge on any atom is -0.347 e. The van der Waals surface area contributed by atoms with E-state index < -0.39 is 59.5 Å². The van der Waals surface area contributed by atoms with E-state index in [1.54, 1.807) is 38.1 Å². The molecule has 1 fully saturated rings. The Kier molecular flexibility index (Phi) is 18.4. The number of nitrogens with one attached hydrogen (secondary N) is 7. The van der Waals surface area contributed by atoms with Gasteiger partial charge in [-0.2, -0.15) is 0 Å². The summed E-state index contributed by atoms with van der Waals surface area (Å²) in [4.78, 5) is 104. The number of likely N-dealkylation sites (tertiary alicyclic amines) is 1. The fraction of sp³-hybridized carbons (Fsp3) is 0.569. The molecule has 0 spiro atoms. The maximum atomic E-state index is 15.2. The molecule has 2 aliphatic heterocycles. The van der Waals surface area contributed by atoms with E-state index in [1.807, 2.05) is 77.9 Å². The van der Waals surface area contributed by atoms with Crippen molar-refractivity contribution in [1.82, 2.24) is 47.0 Å². The van der Waals surface area contributed by atoms with Crippen molar-refractivity contribution >= 4 is 41.4 Å². The monoisotopic (exact) mass is 1020 g/mol. The number of benzene rings is 3. The molecule has 3 aromatic rings. The van der Waals surface area contributed by atoms with E-state index in [1.165, 1.54) is 16.0 Å². The van der Waals surface area contributed by atoms with E-state index in [0.717, 1.165) is 55.2 Å². The summed E-state index contributed by atoms with van der Waals surface area (Å²) in [6.07, 6.45) is 7.27. The van der Waals surface area contributed by atoms with Crippen molar-refractivity contribution in [1.29, 1.82) is 0 Å². The van der Waals surface area contributed by atoms with E-state index in [-0.39, 0.29) is 73.5 Å². The molecular formula is C58H81N9O7.